The minimum atomic E-state index is -2.18. The maximum absolute atomic E-state index is 13.1. The third-order valence-corrected chi connectivity index (χ3v) is 11.4. The van der Waals surface area contributed by atoms with Crippen LogP contribution in [0.15, 0.2) is 90.1 Å². The van der Waals surface area contributed by atoms with Crippen molar-refractivity contribution in [3.63, 3.8) is 0 Å². The molecule has 0 aliphatic carbocycles. The molecule has 0 radical (unpaired) electrons. The van der Waals surface area contributed by atoms with Gasteiger partial charge in [0.05, 0.1) is 5.56 Å². The summed E-state index contributed by atoms with van der Waals surface area (Å²) in [5.74, 6) is -0.348. The van der Waals surface area contributed by atoms with E-state index in [1.165, 1.54) is 23.2 Å². The van der Waals surface area contributed by atoms with E-state index >= 15 is 0 Å². The summed E-state index contributed by atoms with van der Waals surface area (Å²) < 4.78 is 6.17. The third-order valence-electron chi connectivity index (χ3n) is 6.94. The Kier molecular flexibility index (Phi) is 8.03. The van der Waals surface area contributed by atoms with Crippen molar-refractivity contribution in [2.75, 3.05) is 6.54 Å². The van der Waals surface area contributed by atoms with Gasteiger partial charge in [0.15, 0.2) is 0 Å². The molecule has 1 aliphatic rings. The molecule has 34 heavy (non-hydrogen) atoms. The quantitative estimate of drug-likeness (QED) is 0.255. The summed E-state index contributed by atoms with van der Waals surface area (Å²) in [4.78, 5) is 23.8. The predicted molar refractivity (Wildman–Crippen MR) is 140 cm³/mol. The predicted octanol–water partition coefficient (Wildman–Crippen LogP) is 5.04. The molecule has 2 atom stereocenters. The maximum atomic E-state index is 13.1. The molecule has 1 saturated heterocycles. The summed E-state index contributed by atoms with van der Waals surface area (Å²) in [6.45, 7) is 3.43. The lowest BCUT2D eigenvalue weighted by molar-refractivity contribution is 0.0314. The van der Waals surface area contributed by atoms with Gasteiger partial charge in [-0.1, -0.05) is 77.6 Å². The largest absolute Gasteiger partial charge is 0.459 e. The molecule has 6 heteroatoms. The molecule has 1 heterocycles. The summed E-state index contributed by atoms with van der Waals surface area (Å²) in [6, 6.07) is 28.9. The Labute approximate surface area is 202 Å². The summed E-state index contributed by atoms with van der Waals surface area (Å²) in [5.41, 5.74) is 0.743. The fraction of sp³-hybridized carbons (Fsp3) is 0.321. The Balaban J connectivity index is 1.60. The molecule has 0 aromatic heterocycles. The van der Waals surface area contributed by atoms with E-state index in [1.807, 2.05) is 12.1 Å². The molecule has 0 spiro atoms. The standard InChI is InChI=1S/C28H32N2O3Si/c1-34(26-10-4-2-5-11-26,27-12-6-3-7-13-27)21-25(19-18-23-9-8-20-29-23)33-28(31)22-14-16-24(30-32)17-15-22/h2-7,10-17,23,25,29H,8-9,18-21H2,1H3/t23-,25?/m0/s1. The zero-order valence-electron chi connectivity index (χ0n) is 19.7. The first-order valence-electron chi connectivity index (χ1n) is 12.1. The van der Waals surface area contributed by atoms with Crippen LogP contribution in [-0.4, -0.2) is 32.7 Å². The minimum absolute atomic E-state index is 0.198. The Morgan fingerprint density at radius 2 is 1.62 bits per heavy atom. The monoisotopic (exact) mass is 472 g/mol. The van der Waals surface area contributed by atoms with Gasteiger partial charge in [-0.05, 0) is 67.7 Å². The third kappa shape index (κ3) is 5.87. The number of nitrogens with zero attached hydrogens (tertiary/aromatic N) is 1. The highest BCUT2D eigenvalue weighted by molar-refractivity contribution is 7.01. The molecule has 1 N–H and O–H groups in total. The SMILES string of the molecule is C[Si](CC(CC[C@@H]1CCCN1)OC(=O)c1ccc(N=O)cc1)(c1ccccc1)c1ccccc1. The molecule has 0 saturated carbocycles. The van der Waals surface area contributed by atoms with Crippen molar-refractivity contribution in [3.8, 4) is 0 Å². The number of rotatable bonds is 10. The van der Waals surface area contributed by atoms with E-state index in [2.05, 4.69) is 65.6 Å². The molecule has 3 aromatic rings. The second-order valence-electron chi connectivity index (χ2n) is 9.30. The molecule has 0 amide bonds. The number of nitrogens with one attached hydrogen (secondary N) is 1. The van der Waals surface area contributed by atoms with Crippen molar-refractivity contribution in [1.29, 1.82) is 0 Å². The zero-order chi connectivity index (χ0) is 23.8. The first-order chi connectivity index (χ1) is 16.6. The highest BCUT2D eigenvalue weighted by atomic mass is 28.3. The van der Waals surface area contributed by atoms with Crippen molar-refractivity contribution < 1.29 is 9.53 Å². The van der Waals surface area contributed by atoms with Gasteiger partial charge in [-0.3, -0.25) is 0 Å². The Morgan fingerprint density at radius 3 is 2.15 bits per heavy atom. The van der Waals surface area contributed by atoms with Gasteiger partial charge in [0.2, 0.25) is 0 Å². The fourth-order valence-corrected chi connectivity index (χ4v) is 8.80. The van der Waals surface area contributed by atoms with Crippen LogP contribution in [0.1, 0.15) is 36.0 Å². The first kappa shape index (κ1) is 24.0. The Hall–Kier alpha value is -3.09. The van der Waals surface area contributed by atoms with Gasteiger partial charge in [0.1, 0.15) is 19.9 Å². The first-order valence-corrected chi connectivity index (χ1v) is 14.8. The summed E-state index contributed by atoms with van der Waals surface area (Å²) >= 11 is 0. The average molecular weight is 473 g/mol. The van der Waals surface area contributed by atoms with Crippen molar-refractivity contribution in [2.45, 2.75) is 50.4 Å². The van der Waals surface area contributed by atoms with Crippen molar-refractivity contribution in [3.05, 3.63) is 95.4 Å². The summed E-state index contributed by atoms with van der Waals surface area (Å²) in [5, 5.41) is 9.16. The summed E-state index contributed by atoms with van der Waals surface area (Å²) in [7, 11) is -2.18. The van der Waals surface area contributed by atoms with E-state index in [9.17, 15) is 9.70 Å². The van der Waals surface area contributed by atoms with Crippen molar-refractivity contribution in [1.82, 2.24) is 5.32 Å². The van der Waals surface area contributed by atoms with Crippen LogP contribution in [0.2, 0.25) is 12.6 Å². The van der Waals surface area contributed by atoms with Gasteiger partial charge in [-0.25, -0.2) is 4.79 Å². The van der Waals surface area contributed by atoms with E-state index < -0.39 is 8.07 Å². The normalized spacial score (nSPS) is 16.7. The average Bonchev–Trinajstić information content (AvgIpc) is 3.42. The van der Waals surface area contributed by atoms with Crippen LogP contribution in [-0.2, 0) is 4.74 Å². The fourth-order valence-electron chi connectivity index (χ4n) is 4.94. The van der Waals surface area contributed by atoms with Gasteiger partial charge in [0.25, 0.3) is 0 Å². The number of carbonyl (C=O) groups excluding carboxylic acids is 1. The lowest BCUT2D eigenvalue weighted by atomic mass is 10.1. The maximum Gasteiger partial charge on any atom is 0.338 e. The van der Waals surface area contributed by atoms with Gasteiger partial charge in [-0.15, -0.1) is 4.91 Å². The van der Waals surface area contributed by atoms with Crippen LogP contribution in [0.4, 0.5) is 5.69 Å². The summed E-state index contributed by atoms with van der Waals surface area (Å²) in [6.07, 6.45) is 3.98. The second-order valence-corrected chi connectivity index (χ2v) is 13.5. The van der Waals surface area contributed by atoms with Crippen LogP contribution >= 0.6 is 0 Å². The van der Waals surface area contributed by atoms with Gasteiger partial charge >= 0.3 is 5.97 Å². The van der Waals surface area contributed by atoms with E-state index in [0.717, 1.165) is 25.4 Å². The molecule has 3 aromatic carbocycles. The molecular formula is C28H32N2O3Si. The minimum Gasteiger partial charge on any atom is -0.459 e. The van der Waals surface area contributed by atoms with Crippen molar-refractivity contribution >= 4 is 30.1 Å². The Morgan fingerprint density at radius 1 is 1.00 bits per heavy atom. The van der Waals surface area contributed by atoms with Crippen LogP contribution in [0, 0.1) is 4.91 Å². The number of carbonyl (C=O) groups is 1. The molecule has 5 nitrogen and oxygen atoms in total. The zero-order valence-corrected chi connectivity index (χ0v) is 20.7. The smallest absolute Gasteiger partial charge is 0.338 e. The van der Waals surface area contributed by atoms with Gasteiger partial charge in [0, 0.05) is 6.04 Å². The second kappa shape index (κ2) is 11.4. The lowest BCUT2D eigenvalue weighted by Crippen LogP contribution is -2.57. The number of hydrogen-bond donors (Lipinski definition) is 1. The van der Waals surface area contributed by atoms with Crippen molar-refractivity contribution in [2.24, 2.45) is 5.18 Å². The molecule has 0 bridgehead atoms. The number of nitroso groups, excluding NO2 is 1. The highest BCUT2D eigenvalue weighted by Crippen LogP contribution is 2.23. The number of benzene rings is 3. The van der Waals surface area contributed by atoms with Crippen LogP contribution in [0.3, 0.4) is 0 Å². The van der Waals surface area contributed by atoms with E-state index in [4.69, 9.17) is 4.74 Å². The van der Waals surface area contributed by atoms with Gasteiger partial charge in [-0.2, -0.15) is 0 Å². The molecular weight excluding hydrogens is 440 g/mol. The topological polar surface area (TPSA) is 67.8 Å². The number of esters is 1. The van der Waals surface area contributed by atoms with E-state index in [-0.39, 0.29) is 12.1 Å². The number of ether oxygens (including phenoxy) is 1. The molecule has 1 aliphatic heterocycles. The van der Waals surface area contributed by atoms with Gasteiger partial charge < -0.3 is 10.1 Å². The van der Waals surface area contributed by atoms with E-state index in [0.29, 0.717) is 17.3 Å². The highest BCUT2D eigenvalue weighted by Gasteiger charge is 2.36. The van der Waals surface area contributed by atoms with Crippen LogP contribution < -0.4 is 15.7 Å². The number of hydrogen-bond acceptors (Lipinski definition) is 5. The van der Waals surface area contributed by atoms with Crippen LogP contribution in [0.5, 0.6) is 0 Å². The molecule has 4 rings (SSSR count). The Bertz CT molecular complexity index is 1030. The lowest BCUT2D eigenvalue weighted by Gasteiger charge is -2.33. The molecule has 176 valence electrons. The van der Waals surface area contributed by atoms with E-state index in [1.54, 1.807) is 24.3 Å². The van der Waals surface area contributed by atoms with Crippen LogP contribution in [0.25, 0.3) is 0 Å². The molecule has 1 fully saturated rings. The molecule has 1 unspecified atom stereocenters.